The summed E-state index contributed by atoms with van der Waals surface area (Å²) in [7, 11) is 4.37. The molecule has 0 aromatic carbocycles. The topological polar surface area (TPSA) is 63.6 Å². The molecule has 0 spiro atoms. The van der Waals surface area contributed by atoms with Gasteiger partial charge in [-0.25, -0.2) is 4.79 Å². The summed E-state index contributed by atoms with van der Waals surface area (Å²) >= 11 is 0. The Morgan fingerprint density at radius 3 is 2.14 bits per heavy atom. The lowest BCUT2D eigenvalue weighted by molar-refractivity contribution is -0.890. The second-order valence-electron chi connectivity index (χ2n) is 6.56. The van der Waals surface area contributed by atoms with E-state index in [2.05, 4.69) is 20.7 Å². The second kappa shape index (κ2) is 11.2. The van der Waals surface area contributed by atoms with Crippen LogP contribution in [0.5, 0.6) is 0 Å². The van der Waals surface area contributed by atoms with Crippen LogP contribution >= 0.6 is 0 Å². The summed E-state index contributed by atoms with van der Waals surface area (Å²) < 4.78 is 6.01. The summed E-state index contributed by atoms with van der Waals surface area (Å²) in [6.07, 6.45) is 6.30. The molecule has 0 radical (unpaired) electrons. The van der Waals surface area contributed by atoms with Crippen molar-refractivity contribution < 1.29 is 23.9 Å². The number of quaternary nitrogens is 1. The summed E-state index contributed by atoms with van der Waals surface area (Å²) in [6, 6.07) is 0. The molecule has 128 valence electrons. The Balaban J connectivity index is 3.58. The van der Waals surface area contributed by atoms with Crippen LogP contribution in [-0.4, -0.2) is 55.3 Å². The first-order chi connectivity index (χ1) is 10.2. The number of esters is 1. The molecule has 0 fully saturated rings. The number of aliphatic carboxylic acids is 1. The smallest absolute Gasteiger partial charge is 0.333 e. The van der Waals surface area contributed by atoms with Gasteiger partial charge in [0.15, 0.2) is 0 Å². The lowest BCUT2D eigenvalue weighted by atomic mass is 10.1. The first-order valence-electron chi connectivity index (χ1n) is 8.11. The number of ether oxygens (including phenoxy) is 1. The largest absolute Gasteiger partial charge is 0.481 e. The zero-order chi connectivity index (χ0) is 17.0. The zero-order valence-electron chi connectivity index (χ0n) is 14.4. The zero-order valence-corrected chi connectivity index (χ0v) is 14.4. The molecule has 0 heterocycles. The maximum Gasteiger partial charge on any atom is 0.333 e. The fraction of sp³-hybridized carbons (Fsp3) is 0.765. The summed E-state index contributed by atoms with van der Waals surface area (Å²) in [4.78, 5) is 21.6. The van der Waals surface area contributed by atoms with Gasteiger partial charge in [0, 0.05) is 18.4 Å². The molecule has 0 bridgehead atoms. The van der Waals surface area contributed by atoms with E-state index in [1.54, 1.807) is 6.92 Å². The number of rotatable bonds is 13. The predicted molar refractivity (Wildman–Crippen MR) is 87.6 cm³/mol. The molecular weight excluding hydrogens is 282 g/mol. The van der Waals surface area contributed by atoms with E-state index in [-0.39, 0.29) is 12.4 Å². The van der Waals surface area contributed by atoms with Crippen LogP contribution in [0.1, 0.15) is 51.9 Å². The first kappa shape index (κ1) is 20.6. The number of hydrogen-bond donors (Lipinski definition) is 1. The van der Waals surface area contributed by atoms with Gasteiger partial charge in [0.25, 0.3) is 0 Å². The third-order valence-corrected chi connectivity index (χ3v) is 3.64. The fourth-order valence-corrected chi connectivity index (χ4v) is 2.24. The molecule has 0 aromatic heterocycles. The standard InChI is InChI=1S/C17H31NO4/c1-15(2)17(21)22-14-10-13-18(3,4)12-9-7-5-6-8-11-16(19)20/h1,5-14H2,2-4H3/p+1. The molecule has 5 nitrogen and oxygen atoms in total. The monoisotopic (exact) mass is 314 g/mol. The van der Waals surface area contributed by atoms with Crippen LogP contribution in [0.4, 0.5) is 0 Å². The lowest BCUT2D eigenvalue weighted by Gasteiger charge is -2.29. The van der Waals surface area contributed by atoms with Crippen LogP contribution in [-0.2, 0) is 14.3 Å². The van der Waals surface area contributed by atoms with Gasteiger partial charge >= 0.3 is 11.9 Å². The molecule has 0 saturated heterocycles. The molecule has 0 aliphatic heterocycles. The fourth-order valence-electron chi connectivity index (χ4n) is 2.24. The van der Waals surface area contributed by atoms with Crippen molar-refractivity contribution in [1.29, 1.82) is 0 Å². The predicted octanol–water partition coefficient (Wildman–Crippen LogP) is 3.00. The molecule has 0 aliphatic carbocycles. The van der Waals surface area contributed by atoms with Crippen molar-refractivity contribution in [1.82, 2.24) is 0 Å². The summed E-state index contributed by atoms with van der Waals surface area (Å²) in [5.41, 5.74) is 0.441. The van der Waals surface area contributed by atoms with Gasteiger partial charge in [0.1, 0.15) is 0 Å². The highest BCUT2D eigenvalue weighted by atomic mass is 16.5. The minimum Gasteiger partial charge on any atom is -0.481 e. The van der Waals surface area contributed by atoms with Gasteiger partial charge in [-0.1, -0.05) is 19.4 Å². The van der Waals surface area contributed by atoms with E-state index in [4.69, 9.17) is 9.84 Å². The van der Waals surface area contributed by atoms with Gasteiger partial charge in [0.2, 0.25) is 0 Å². The quantitative estimate of drug-likeness (QED) is 0.246. The number of carbonyl (C=O) groups excluding carboxylic acids is 1. The maximum atomic E-state index is 11.2. The summed E-state index contributed by atoms with van der Waals surface area (Å²) in [5, 5.41) is 8.55. The third kappa shape index (κ3) is 12.4. The second-order valence-corrected chi connectivity index (χ2v) is 6.56. The highest BCUT2D eigenvalue weighted by Gasteiger charge is 2.14. The van der Waals surface area contributed by atoms with Gasteiger partial charge in [-0.15, -0.1) is 0 Å². The maximum absolute atomic E-state index is 11.2. The van der Waals surface area contributed by atoms with Gasteiger partial charge in [-0.05, 0) is 26.2 Å². The first-order valence-corrected chi connectivity index (χ1v) is 8.11. The van der Waals surface area contributed by atoms with Gasteiger partial charge in [-0.3, -0.25) is 4.79 Å². The van der Waals surface area contributed by atoms with Crippen molar-refractivity contribution in [2.24, 2.45) is 0 Å². The average Bonchev–Trinajstić information content (AvgIpc) is 2.41. The molecule has 0 atom stereocenters. The Morgan fingerprint density at radius 1 is 1.00 bits per heavy atom. The SMILES string of the molecule is C=C(C)C(=O)OCCC[N+](C)(C)CCCCCCCC(=O)O. The molecule has 0 unspecified atom stereocenters. The van der Waals surface area contributed by atoms with Crippen LogP contribution in [0.2, 0.25) is 0 Å². The number of carbonyl (C=O) groups is 2. The number of unbranched alkanes of at least 4 members (excludes halogenated alkanes) is 4. The molecule has 0 aliphatic rings. The van der Waals surface area contributed by atoms with E-state index in [9.17, 15) is 9.59 Å². The van der Waals surface area contributed by atoms with Gasteiger partial charge in [-0.2, -0.15) is 0 Å². The van der Waals surface area contributed by atoms with Crippen molar-refractivity contribution in [3.05, 3.63) is 12.2 Å². The van der Waals surface area contributed by atoms with Crippen molar-refractivity contribution in [3.63, 3.8) is 0 Å². The van der Waals surface area contributed by atoms with E-state index < -0.39 is 5.97 Å². The van der Waals surface area contributed by atoms with Crippen molar-refractivity contribution in [2.75, 3.05) is 33.8 Å². The van der Waals surface area contributed by atoms with Crippen molar-refractivity contribution in [2.45, 2.75) is 51.9 Å². The Bertz CT molecular complexity index is 364. The molecule has 0 amide bonds. The van der Waals surface area contributed by atoms with E-state index in [1.165, 1.54) is 0 Å². The van der Waals surface area contributed by atoms with Gasteiger partial charge in [0.05, 0.1) is 33.8 Å². The van der Waals surface area contributed by atoms with Crippen LogP contribution in [0, 0.1) is 0 Å². The average molecular weight is 314 g/mol. The van der Waals surface area contributed by atoms with Gasteiger partial charge < -0.3 is 14.3 Å². The molecule has 0 aromatic rings. The number of hydrogen-bond acceptors (Lipinski definition) is 3. The van der Waals surface area contributed by atoms with Crippen molar-refractivity contribution in [3.8, 4) is 0 Å². The molecular formula is C17H32NO4+. The minimum atomic E-state index is -0.704. The normalized spacial score (nSPS) is 11.2. The van der Waals surface area contributed by atoms with Crippen LogP contribution in [0.3, 0.4) is 0 Å². The van der Waals surface area contributed by atoms with E-state index in [0.717, 1.165) is 56.1 Å². The summed E-state index contributed by atoms with van der Waals surface area (Å²) in [5.74, 6) is -1.02. The molecule has 0 saturated carbocycles. The number of nitrogens with zero attached hydrogens (tertiary/aromatic N) is 1. The van der Waals surface area contributed by atoms with E-state index in [1.807, 2.05) is 0 Å². The highest BCUT2D eigenvalue weighted by molar-refractivity contribution is 5.86. The molecule has 22 heavy (non-hydrogen) atoms. The lowest BCUT2D eigenvalue weighted by Crippen LogP contribution is -2.41. The van der Waals surface area contributed by atoms with E-state index >= 15 is 0 Å². The Kier molecular flexibility index (Phi) is 10.5. The van der Waals surface area contributed by atoms with Crippen LogP contribution < -0.4 is 0 Å². The highest BCUT2D eigenvalue weighted by Crippen LogP contribution is 2.09. The van der Waals surface area contributed by atoms with Crippen LogP contribution in [0.15, 0.2) is 12.2 Å². The molecule has 0 rings (SSSR count). The van der Waals surface area contributed by atoms with Crippen molar-refractivity contribution >= 4 is 11.9 Å². The van der Waals surface area contributed by atoms with E-state index in [0.29, 0.717) is 12.2 Å². The van der Waals surface area contributed by atoms with Crippen LogP contribution in [0.25, 0.3) is 0 Å². The molecule has 1 N–H and O–H groups in total. The summed E-state index contributed by atoms with van der Waals surface area (Å²) in [6.45, 7) is 7.72. The Morgan fingerprint density at radius 2 is 1.55 bits per heavy atom. The minimum absolute atomic E-state index is 0.282. The number of carboxylic acids is 1. The Hall–Kier alpha value is -1.36. The Labute approximate surface area is 134 Å². The number of carboxylic acid groups (broad SMARTS) is 1. The third-order valence-electron chi connectivity index (χ3n) is 3.64. The molecule has 5 heteroatoms.